The van der Waals surface area contributed by atoms with E-state index in [1.165, 1.54) is 12.1 Å². The van der Waals surface area contributed by atoms with Crippen molar-refractivity contribution < 1.29 is 14.2 Å². The highest BCUT2D eigenvalue weighted by Crippen LogP contribution is 2.24. The Hall–Kier alpha value is -1.92. The van der Waals surface area contributed by atoms with Crippen LogP contribution in [0.15, 0.2) is 36.5 Å². The fourth-order valence-electron chi connectivity index (χ4n) is 3.01. The van der Waals surface area contributed by atoms with Crippen molar-refractivity contribution in [2.45, 2.75) is 25.0 Å². The molecule has 0 saturated carbocycles. The van der Waals surface area contributed by atoms with Crippen LogP contribution in [-0.4, -0.2) is 45.1 Å². The molecule has 0 unspecified atom stereocenters. The van der Waals surface area contributed by atoms with Gasteiger partial charge in [-0.1, -0.05) is 6.07 Å². The molecule has 6 heteroatoms. The number of halogens is 1. The van der Waals surface area contributed by atoms with Crippen LogP contribution in [0, 0.1) is 5.82 Å². The average Bonchev–Trinajstić information content (AvgIpc) is 2.91. The molecule has 5 nitrogen and oxygen atoms in total. The van der Waals surface area contributed by atoms with E-state index < -0.39 is 5.60 Å². The molecular weight excluding hydrogens is 297 g/mol. The first-order valence-electron chi connectivity index (χ1n) is 7.84. The van der Waals surface area contributed by atoms with Gasteiger partial charge in [0.1, 0.15) is 23.8 Å². The molecular formula is C17H22FN3O2. The number of β-amino-alcohol motifs (C(OH)–C–C–N with tert-alkyl or cyclic N) is 1. The van der Waals surface area contributed by atoms with Crippen molar-refractivity contribution in [1.29, 1.82) is 0 Å². The zero-order valence-corrected chi connectivity index (χ0v) is 13.3. The molecule has 1 aromatic heterocycles. The lowest BCUT2D eigenvalue weighted by Gasteiger charge is -2.38. The smallest absolute Gasteiger partial charge is 0.126 e. The summed E-state index contributed by atoms with van der Waals surface area (Å²) in [4.78, 5) is 2.18. The van der Waals surface area contributed by atoms with E-state index in [-0.39, 0.29) is 12.4 Å². The van der Waals surface area contributed by atoms with Crippen LogP contribution in [0.1, 0.15) is 18.5 Å². The number of likely N-dealkylation sites (tertiary alicyclic amines) is 1. The number of ether oxygens (including phenoxy) is 1. The predicted molar refractivity (Wildman–Crippen MR) is 84.6 cm³/mol. The molecule has 0 aliphatic carbocycles. The Bertz CT molecular complexity index is 661. The van der Waals surface area contributed by atoms with Gasteiger partial charge >= 0.3 is 0 Å². The van der Waals surface area contributed by atoms with Crippen molar-refractivity contribution >= 4 is 0 Å². The topological polar surface area (TPSA) is 50.5 Å². The Balaban J connectivity index is 1.57. The number of piperidine rings is 1. The Kier molecular flexibility index (Phi) is 4.63. The van der Waals surface area contributed by atoms with Crippen molar-refractivity contribution in [3.8, 4) is 5.75 Å². The van der Waals surface area contributed by atoms with E-state index in [0.717, 1.165) is 18.7 Å². The minimum Gasteiger partial charge on any atom is -0.490 e. The van der Waals surface area contributed by atoms with Gasteiger partial charge in [0, 0.05) is 32.4 Å². The summed E-state index contributed by atoms with van der Waals surface area (Å²) in [6.45, 7) is 2.33. The van der Waals surface area contributed by atoms with Gasteiger partial charge in [0.15, 0.2) is 0 Å². The van der Waals surface area contributed by atoms with Crippen LogP contribution in [0.4, 0.5) is 4.39 Å². The lowest BCUT2D eigenvalue weighted by molar-refractivity contribution is -0.0624. The van der Waals surface area contributed by atoms with Gasteiger partial charge in [0.05, 0.1) is 5.69 Å². The Morgan fingerprint density at radius 3 is 3.00 bits per heavy atom. The number of hydrogen-bond acceptors (Lipinski definition) is 4. The Labute approximate surface area is 135 Å². The largest absolute Gasteiger partial charge is 0.490 e. The summed E-state index contributed by atoms with van der Waals surface area (Å²) >= 11 is 0. The SMILES string of the molecule is Cn1ccc(CN2CCC[C@@](O)(COc3cccc(F)c3)C2)n1. The molecule has 1 fully saturated rings. The number of aromatic nitrogens is 2. The lowest BCUT2D eigenvalue weighted by atomic mass is 9.93. The fraction of sp³-hybridized carbons (Fsp3) is 0.471. The second-order valence-electron chi connectivity index (χ2n) is 6.27. The molecule has 1 saturated heterocycles. The molecule has 124 valence electrons. The number of benzene rings is 1. The second-order valence-corrected chi connectivity index (χ2v) is 6.27. The molecule has 0 radical (unpaired) electrons. The molecule has 1 aliphatic heterocycles. The molecule has 2 heterocycles. The average molecular weight is 319 g/mol. The molecule has 1 N–H and O–H groups in total. The van der Waals surface area contributed by atoms with E-state index in [1.54, 1.807) is 16.8 Å². The maximum Gasteiger partial charge on any atom is 0.126 e. The predicted octanol–water partition coefficient (Wildman–Crippen LogP) is 1.97. The van der Waals surface area contributed by atoms with Gasteiger partial charge in [-0.05, 0) is 37.6 Å². The summed E-state index contributed by atoms with van der Waals surface area (Å²) in [6.07, 6.45) is 3.50. The third kappa shape index (κ3) is 4.30. The summed E-state index contributed by atoms with van der Waals surface area (Å²) in [5.41, 5.74) is 0.0714. The number of aryl methyl sites for hydroxylation is 1. The Morgan fingerprint density at radius 1 is 1.39 bits per heavy atom. The van der Waals surface area contributed by atoms with E-state index in [0.29, 0.717) is 25.3 Å². The van der Waals surface area contributed by atoms with E-state index in [1.807, 2.05) is 19.3 Å². The summed E-state index contributed by atoms with van der Waals surface area (Å²) in [5, 5.41) is 15.1. The van der Waals surface area contributed by atoms with Crippen molar-refractivity contribution in [3.05, 3.63) is 48.0 Å². The summed E-state index contributed by atoms with van der Waals surface area (Å²) in [5.74, 6) is 0.107. The fourth-order valence-corrected chi connectivity index (χ4v) is 3.01. The molecule has 0 bridgehead atoms. The van der Waals surface area contributed by atoms with Crippen molar-refractivity contribution in [2.24, 2.45) is 7.05 Å². The highest BCUT2D eigenvalue weighted by molar-refractivity contribution is 5.22. The summed E-state index contributed by atoms with van der Waals surface area (Å²) in [7, 11) is 1.89. The zero-order valence-electron chi connectivity index (χ0n) is 13.3. The minimum atomic E-state index is -0.917. The van der Waals surface area contributed by atoms with E-state index in [9.17, 15) is 9.50 Å². The number of rotatable bonds is 5. The molecule has 23 heavy (non-hydrogen) atoms. The quantitative estimate of drug-likeness (QED) is 0.915. The zero-order chi connectivity index (χ0) is 16.3. The van der Waals surface area contributed by atoms with Crippen LogP contribution < -0.4 is 4.74 Å². The monoisotopic (exact) mass is 319 g/mol. The van der Waals surface area contributed by atoms with E-state index in [4.69, 9.17) is 4.74 Å². The van der Waals surface area contributed by atoms with Crippen molar-refractivity contribution in [1.82, 2.24) is 14.7 Å². The molecule has 1 aliphatic rings. The van der Waals surface area contributed by atoms with Gasteiger partial charge in [0.2, 0.25) is 0 Å². The van der Waals surface area contributed by atoms with Gasteiger partial charge in [-0.3, -0.25) is 9.58 Å². The lowest BCUT2D eigenvalue weighted by Crippen LogP contribution is -2.51. The summed E-state index contributed by atoms with van der Waals surface area (Å²) in [6, 6.07) is 7.98. The van der Waals surface area contributed by atoms with Crippen molar-refractivity contribution in [2.75, 3.05) is 19.7 Å². The van der Waals surface area contributed by atoms with Crippen LogP contribution >= 0.6 is 0 Å². The first-order valence-corrected chi connectivity index (χ1v) is 7.84. The normalized spacial score (nSPS) is 22.2. The maximum absolute atomic E-state index is 13.2. The highest BCUT2D eigenvalue weighted by Gasteiger charge is 2.34. The highest BCUT2D eigenvalue weighted by atomic mass is 19.1. The van der Waals surface area contributed by atoms with Gasteiger partial charge in [-0.25, -0.2) is 4.39 Å². The Morgan fingerprint density at radius 2 is 2.26 bits per heavy atom. The first kappa shape index (κ1) is 16.0. The molecule has 1 aromatic carbocycles. The number of aliphatic hydroxyl groups is 1. The van der Waals surface area contributed by atoms with Crippen LogP contribution in [0.25, 0.3) is 0 Å². The van der Waals surface area contributed by atoms with Crippen LogP contribution in [0.5, 0.6) is 5.75 Å². The number of hydrogen-bond donors (Lipinski definition) is 1. The molecule has 3 rings (SSSR count). The van der Waals surface area contributed by atoms with Crippen LogP contribution in [-0.2, 0) is 13.6 Å². The molecule has 1 atom stereocenters. The van der Waals surface area contributed by atoms with E-state index in [2.05, 4.69) is 10.00 Å². The van der Waals surface area contributed by atoms with E-state index >= 15 is 0 Å². The number of nitrogens with zero attached hydrogens (tertiary/aromatic N) is 3. The van der Waals surface area contributed by atoms with Crippen LogP contribution in [0.3, 0.4) is 0 Å². The third-order valence-electron chi connectivity index (χ3n) is 4.09. The van der Waals surface area contributed by atoms with Gasteiger partial charge < -0.3 is 9.84 Å². The minimum absolute atomic E-state index is 0.162. The van der Waals surface area contributed by atoms with Gasteiger partial charge in [-0.2, -0.15) is 5.10 Å². The summed E-state index contributed by atoms with van der Waals surface area (Å²) < 4.78 is 20.5. The van der Waals surface area contributed by atoms with Crippen molar-refractivity contribution in [3.63, 3.8) is 0 Å². The molecule has 2 aromatic rings. The maximum atomic E-state index is 13.2. The van der Waals surface area contributed by atoms with Gasteiger partial charge in [0.25, 0.3) is 0 Å². The van der Waals surface area contributed by atoms with Gasteiger partial charge in [-0.15, -0.1) is 0 Å². The third-order valence-corrected chi connectivity index (χ3v) is 4.09. The molecule has 0 spiro atoms. The standard InChI is InChI=1S/C17H22FN3O2/c1-20-9-6-15(19-20)11-21-8-3-7-17(22,12-21)13-23-16-5-2-4-14(18)10-16/h2,4-6,9-10,22H,3,7-8,11-13H2,1H3/t17-/m0/s1. The van der Waals surface area contributed by atoms with Crippen LogP contribution in [0.2, 0.25) is 0 Å². The second kappa shape index (κ2) is 6.68. The first-order chi connectivity index (χ1) is 11.0. The molecule has 0 amide bonds.